The fourth-order valence-corrected chi connectivity index (χ4v) is 1.58. The molecule has 0 aliphatic carbocycles. The Hall–Kier alpha value is -0.940. The molecule has 0 aromatic carbocycles. The van der Waals surface area contributed by atoms with Crippen molar-refractivity contribution in [3.63, 3.8) is 0 Å². The number of hydrogen-bond acceptors (Lipinski definition) is 5. The quantitative estimate of drug-likeness (QED) is 0.857. The van der Waals surface area contributed by atoms with E-state index < -0.39 is 0 Å². The van der Waals surface area contributed by atoms with Gasteiger partial charge < -0.3 is 14.6 Å². The monoisotopic (exact) mass is 241 g/mol. The number of aromatic nitrogens is 2. The maximum absolute atomic E-state index is 5.43. The van der Waals surface area contributed by atoms with E-state index in [-0.39, 0.29) is 11.5 Å². The molecule has 1 aromatic heterocycles. The van der Waals surface area contributed by atoms with Gasteiger partial charge in [0.15, 0.2) is 0 Å². The fraction of sp³-hybridized carbons (Fsp3) is 0.833. The Morgan fingerprint density at radius 1 is 1.35 bits per heavy atom. The van der Waals surface area contributed by atoms with Crippen LogP contribution in [0.25, 0.3) is 0 Å². The van der Waals surface area contributed by atoms with Gasteiger partial charge in [-0.2, -0.15) is 4.98 Å². The van der Waals surface area contributed by atoms with Crippen molar-refractivity contribution in [2.45, 2.75) is 53.3 Å². The molecule has 1 N–H and O–H groups in total. The van der Waals surface area contributed by atoms with Crippen LogP contribution in [0.3, 0.4) is 0 Å². The Morgan fingerprint density at radius 3 is 2.47 bits per heavy atom. The lowest BCUT2D eigenvalue weighted by Crippen LogP contribution is -2.23. The minimum absolute atomic E-state index is 0.0542. The summed E-state index contributed by atoms with van der Waals surface area (Å²) in [5, 5.41) is 7.21. The molecule has 5 nitrogen and oxygen atoms in total. The van der Waals surface area contributed by atoms with Crippen LogP contribution in [0.2, 0.25) is 0 Å². The summed E-state index contributed by atoms with van der Waals surface area (Å²) in [4.78, 5) is 4.35. The lowest BCUT2D eigenvalue weighted by atomic mass is 9.88. The first-order valence-corrected chi connectivity index (χ1v) is 5.93. The molecular weight excluding hydrogens is 218 g/mol. The molecule has 0 aliphatic rings. The predicted molar refractivity (Wildman–Crippen MR) is 65.5 cm³/mol. The van der Waals surface area contributed by atoms with Gasteiger partial charge in [-0.15, -0.1) is 0 Å². The van der Waals surface area contributed by atoms with Crippen LogP contribution in [0.5, 0.6) is 0 Å². The van der Waals surface area contributed by atoms with Gasteiger partial charge in [0.1, 0.15) is 6.10 Å². The molecule has 0 saturated carbocycles. The van der Waals surface area contributed by atoms with Gasteiger partial charge in [0, 0.05) is 13.2 Å². The van der Waals surface area contributed by atoms with Gasteiger partial charge in [0.25, 0.3) is 0 Å². The van der Waals surface area contributed by atoms with Gasteiger partial charge in [0.05, 0.1) is 6.54 Å². The van der Waals surface area contributed by atoms with Crippen molar-refractivity contribution in [1.29, 1.82) is 0 Å². The molecule has 0 spiro atoms. The zero-order chi connectivity index (χ0) is 13.1. The summed E-state index contributed by atoms with van der Waals surface area (Å²) in [6, 6.07) is 0.395. The van der Waals surface area contributed by atoms with Gasteiger partial charge in [0.2, 0.25) is 11.7 Å². The minimum Gasteiger partial charge on any atom is -0.373 e. The first-order chi connectivity index (χ1) is 7.84. The summed E-state index contributed by atoms with van der Waals surface area (Å²) >= 11 is 0. The van der Waals surface area contributed by atoms with Crippen LogP contribution in [-0.4, -0.2) is 23.3 Å². The van der Waals surface area contributed by atoms with Crippen molar-refractivity contribution in [2.24, 2.45) is 5.41 Å². The van der Waals surface area contributed by atoms with Gasteiger partial charge in [-0.3, -0.25) is 0 Å². The van der Waals surface area contributed by atoms with E-state index in [1.807, 2.05) is 0 Å². The smallest absolute Gasteiger partial charge is 0.240 e. The van der Waals surface area contributed by atoms with Crippen LogP contribution in [-0.2, 0) is 11.3 Å². The Kier molecular flexibility index (Phi) is 4.65. The number of methoxy groups -OCH3 is 1. The maximum atomic E-state index is 5.43. The third kappa shape index (κ3) is 4.09. The largest absolute Gasteiger partial charge is 0.373 e. The number of rotatable bonds is 5. The molecule has 0 bridgehead atoms. The molecule has 1 unspecified atom stereocenters. The summed E-state index contributed by atoms with van der Waals surface area (Å²) in [7, 11) is 1.66. The standard InChI is InChI=1S/C12H23N3O2/c1-8(2)13-7-9-14-11(15-17-9)10(16-6)12(3,4)5/h8,10,13H,7H2,1-6H3. The second-order valence-electron chi connectivity index (χ2n) is 5.56. The fourth-order valence-electron chi connectivity index (χ4n) is 1.58. The second-order valence-corrected chi connectivity index (χ2v) is 5.56. The van der Waals surface area contributed by atoms with E-state index in [9.17, 15) is 0 Å². The molecule has 98 valence electrons. The second kappa shape index (κ2) is 5.60. The Labute approximate surface area is 103 Å². The zero-order valence-corrected chi connectivity index (χ0v) is 11.6. The topological polar surface area (TPSA) is 60.2 Å². The van der Waals surface area contributed by atoms with Crippen molar-refractivity contribution in [3.05, 3.63) is 11.7 Å². The van der Waals surface area contributed by atoms with Gasteiger partial charge in [-0.05, 0) is 5.41 Å². The van der Waals surface area contributed by atoms with Gasteiger partial charge in [-0.25, -0.2) is 0 Å². The number of nitrogens with zero attached hydrogens (tertiary/aromatic N) is 2. The van der Waals surface area contributed by atoms with Crippen LogP contribution in [0.1, 0.15) is 52.4 Å². The average Bonchev–Trinajstić information content (AvgIpc) is 2.62. The molecule has 0 amide bonds. The first-order valence-electron chi connectivity index (χ1n) is 5.93. The third-order valence-corrected chi connectivity index (χ3v) is 2.40. The zero-order valence-electron chi connectivity index (χ0n) is 11.6. The lowest BCUT2D eigenvalue weighted by Gasteiger charge is -2.26. The van der Waals surface area contributed by atoms with Crippen LogP contribution in [0, 0.1) is 5.41 Å². The Morgan fingerprint density at radius 2 is 2.00 bits per heavy atom. The molecule has 0 saturated heterocycles. The van der Waals surface area contributed by atoms with Crippen molar-refractivity contribution in [1.82, 2.24) is 15.5 Å². The molecule has 1 rings (SSSR count). The molecule has 0 radical (unpaired) electrons. The molecule has 1 heterocycles. The van der Waals surface area contributed by atoms with Crippen molar-refractivity contribution in [2.75, 3.05) is 7.11 Å². The summed E-state index contributed by atoms with van der Waals surface area (Å²) in [5.41, 5.74) is -0.0542. The lowest BCUT2D eigenvalue weighted by molar-refractivity contribution is 0.00718. The highest BCUT2D eigenvalue weighted by Gasteiger charge is 2.30. The molecular formula is C12H23N3O2. The summed E-state index contributed by atoms with van der Waals surface area (Å²) in [5.74, 6) is 1.21. The van der Waals surface area contributed by atoms with E-state index in [2.05, 4.69) is 50.1 Å². The molecule has 5 heteroatoms. The van der Waals surface area contributed by atoms with E-state index in [0.717, 1.165) is 0 Å². The van der Waals surface area contributed by atoms with E-state index in [0.29, 0.717) is 24.3 Å². The molecule has 0 fully saturated rings. The molecule has 0 aliphatic heterocycles. The normalized spacial score (nSPS) is 14.3. The number of hydrogen-bond donors (Lipinski definition) is 1. The van der Waals surface area contributed by atoms with Crippen molar-refractivity contribution < 1.29 is 9.26 Å². The molecule has 1 aromatic rings. The maximum Gasteiger partial charge on any atom is 0.240 e. The van der Waals surface area contributed by atoms with Crippen LogP contribution in [0.4, 0.5) is 0 Å². The Bertz CT molecular complexity index is 342. The summed E-state index contributed by atoms with van der Waals surface area (Å²) in [6.07, 6.45) is -0.154. The van der Waals surface area contributed by atoms with E-state index in [4.69, 9.17) is 9.26 Å². The van der Waals surface area contributed by atoms with E-state index in [1.54, 1.807) is 7.11 Å². The van der Waals surface area contributed by atoms with Crippen molar-refractivity contribution in [3.8, 4) is 0 Å². The highest BCUT2D eigenvalue weighted by atomic mass is 16.5. The minimum atomic E-state index is -0.154. The van der Waals surface area contributed by atoms with Gasteiger partial charge in [-0.1, -0.05) is 39.8 Å². The van der Waals surface area contributed by atoms with E-state index >= 15 is 0 Å². The SMILES string of the molecule is COC(c1noc(CNC(C)C)n1)C(C)(C)C. The molecule has 17 heavy (non-hydrogen) atoms. The Balaban J connectivity index is 2.72. The summed E-state index contributed by atoms with van der Waals surface area (Å²) in [6.45, 7) is 11.0. The summed E-state index contributed by atoms with van der Waals surface area (Å²) < 4.78 is 10.6. The highest BCUT2D eigenvalue weighted by Crippen LogP contribution is 2.33. The average molecular weight is 241 g/mol. The number of nitrogens with one attached hydrogen (secondary N) is 1. The van der Waals surface area contributed by atoms with Crippen LogP contribution >= 0.6 is 0 Å². The van der Waals surface area contributed by atoms with Gasteiger partial charge >= 0.3 is 0 Å². The van der Waals surface area contributed by atoms with E-state index in [1.165, 1.54) is 0 Å². The first kappa shape index (κ1) is 14.1. The highest BCUT2D eigenvalue weighted by molar-refractivity contribution is 4.96. The predicted octanol–water partition coefficient (Wildman–Crippen LogP) is 2.30. The van der Waals surface area contributed by atoms with Crippen LogP contribution in [0.15, 0.2) is 4.52 Å². The third-order valence-electron chi connectivity index (χ3n) is 2.40. The number of ether oxygens (including phenoxy) is 1. The van der Waals surface area contributed by atoms with Crippen LogP contribution < -0.4 is 5.32 Å². The molecule has 1 atom stereocenters. The van der Waals surface area contributed by atoms with Crippen molar-refractivity contribution >= 4 is 0 Å².